The topological polar surface area (TPSA) is 87.8 Å². The molecule has 9 nitrogen and oxygen atoms in total. The Balaban J connectivity index is 1.49. The molecular formula is C43H49Cl2FN4O5. The maximum Gasteiger partial charge on any atom is 0.410 e. The highest BCUT2D eigenvalue weighted by Gasteiger charge is 2.38. The Morgan fingerprint density at radius 3 is 2.56 bits per heavy atom. The van der Waals surface area contributed by atoms with E-state index in [-0.39, 0.29) is 24.6 Å². The van der Waals surface area contributed by atoms with E-state index in [9.17, 15) is 14.0 Å². The van der Waals surface area contributed by atoms with Crippen molar-refractivity contribution in [3.8, 4) is 16.9 Å². The predicted octanol–water partition coefficient (Wildman–Crippen LogP) is 10.6. The van der Waals surface area contributed by atoms with Crippen LogP contribution in [0.2, 0.25) is 5.02 Å². The summed E-state index contributed by atoms with van der Waals surface area (Å²) in [6.45, 7) is 10.9. The van der Waals surface area contributed by atoms with Crippen LogP contribution in [-0.4, -0.2) is 62.5 Å². The molecule has 0 saturated carbocycles. The van der Waals surface area contributed by atoms with Gasteiger partial charge in [0.15, 0.2) is 0 Å². The minimum absolute atomic E-state index is 0.199. The van der Waals surface area contributed by atoms with Gasteiger partial charge in [-0.05, 0) is 101 Å². The molecule has 12 heteroatoms. The number of benzene rings is 3. The molecule has 0 radical (unpaired) electrons. The number of likely N-dealkylation sites (tertiary alicyclic amines) is 1. The van der Waals surface area contributed by atoms with Gasteiger partial charge in [-0.1, -0.05) is 48.9 Å². The SMILES string of the molecule is CCOC(=O)c1c(CCCOc2cccc3cc(F)ccc23)c2ccc(Cl)c(-c3c(C4CCCN4C(=O)OC(C)(C)C)nn(C)c3CC)c2n1CC=CCCl. The van der Waals surface area contributed by atoms with Crippen LogP contribution < -0.4 is 4.74 Å². The summed E-state index contributed by atoms with van der Waals surface area (Å²) < 4.78 is 35.6. The van der Waals surface area contributed by atoms with Gasteiger partial charge in [0, 0.05) is 53.6 Å². The lowest BCUT2D eigenvalue weighted by Gasteiger charge is -2.28. The molecule has 1 atom stereocenters. The molecule has 5 aromatic rings. The molecule has 55 heavy (non-hydrogen) atoms. The molecule has 1 aliphatic rings. The van der Waals surface area contributed by atoms with Crippen molar-refractivity contribution in [3.05, 3.63) is 94.2 Å². The Morgan fingerprint density at radius 2 is 1.84 bits per heavy atom. The molecule has 0 N–H and O–H groups in total. The van der Waals surface area contributed by atoms with Crippen LogP contribution in [0.5, 0.6) is 5.75 Å². The number of fused-ring (bicyclic) bond motifs is 2. The molecule has 3 heterocycles. The van der Waals surface area contributed by atoms with Crippen LogP contribution >= 0.6 is 23.2 Å². The van der Waals surface area contributed by atoms with E-state index in [1.54, 1.807) is 17.9 Å². The highest BCUT2D eigenvalue weighted by molar-refractivity contribution is 6.35. The summed E-state index contributed by atoms with van der Waals surface area (Å²) in [5.74, 6) is 0.220. The molecule has 292 valence electrons. The van der Waals surface area contributed by atoms with Gasteiger partial charge in [0.2, 0.25) is 0 Å². The lowest BCUT2D eigenvalue weighted by atomic mass is 9.94. The number of aromatic nitrogens is 3. The summed E-state index contributed by atoms with van der Waals surface area (Å²) in [5, 5.41) is 8.00. The quantitative estimate of drug-likeness (QED) is 0.0511. The highest BCUT2D eigenvalue weighted by atomic mass is 35.5. The lowest BCUT2D eigenvalue weighted by Crippen LogP contribution is -2.36. The molecule has 1 saturated heterocycles. The van der Waals surface area contributed by atoms with Crippen LogP contribution in [-0.2, 0) is 35.9 Å². The van der Waals surface area contributed by atoms with Crippen LogP contribution in [0.1, 0.15) is 87.4 Å². The molecule has 0 spiro atoms. The molecule has 1 aliphatic heterocycles. The van der Waals surface area contributed by atoms with Gasteiger partial charge in [0.1, 0.15) is 22.9 Å². The number of carbonyl (C=O) groups is 2. The van der Waals surface area contributed by atoms with Crippen molar-refractivity contribution in [2.75, 3.05) is 25.6 Å². The van der Waals surface area contributed by atoms with Gasteiger partial charge in [-0.15, -0.1) is 11.6 Å². The van der Waals surface area contributed by atoms with Crippen molar-refractivity contribution in [1.82, 2.24) is 19.2 Å². The van der Waals surface area contributed by atoms with Crippen molar-refractivity contribution in [2.24, 2.45) is 7.05 Å². The number of carbonyl (C=O) groups excluding carboxylic acids is 2. The summed E-state index contributed by atoms with van der Waals surface area (Å²) in [5.41, 5.74) is 4.64. The van der Waals surface area contributed by atoms with Gasteiger partial charge in [-0.2, -0.15) is 5.10 Å². The Hall–Kier alpha value is -4.54. The molecule has 1 fully saturated rings. The normalized spacial score (nSPS) is 14.8. The average Bonchev–Trinajstić information content (AvgIpc) is 3.83. The van der Waals surface area contributed by atoms with Crippen molar-refractivity contribution >= 4 is 56.9 Å². The largest absolute Gasteiger partial charge is 0.493 e. The number of ether oxygens (including phenoxy) is 3. The van der Waals surface area contributed by atoms with Gasteiger partial charge >= 0.3 is 12.1 Å². The molecule has 2 aromatic heterocycles. The van der Waals surface area contributed by atoms with Crippen LogP contribution in [0.15, 0.2) is 60.7 Å². The first kappa shape index (κ1) is 40.1. The Kier molecular flexibility index (Phi) is 12.5. The third kappa shape index (κ3) is 8.36. The van der Waals surface area contributed by atoms with E-state index >= 15 is 0 Å². The Bertz CT molecular complexity index is 2240. The zero-order chi connectivity index (χ0) is 39.4. The minimum atomic E-state index is -0.655. The summed E-state index contributed by atoms with van der Waals surface area (Å²) in [6.07, 6.45) is 6.62. The molecule has 0 aliphatic carbocycles. The monoisotopic (exact) mass is 790 g/mol. The Morgan fingerprint density at radius 1 is 1.05 bits per heavy atom. The number of esters is 1. The number of nitrogens with zero attached hydrogens (tertiary/aromatic N) is 4. The van der Waals surface area contributed by atoms with Gasteiger partial charge in [-0.25, -0.2) is 14.0 Å². The third-order valence-electron chi connectivity index (χ3n) is 9.90. The first-order chi connectivity index (χ1) is 26.4. The van der Waals surface area contributed by atoms with E-state index in [0.29, 0.717) is 67.7 Å². The van der Waals surface area contributed by atoms with Gasteiger partial charge in [0.25, 0.3) is 0 Å². The van der Waals surface area contributed by atoms with Crippen LogP contribution in [0.4, 0.5) is 9.18 Å². The van der Waals surface area contributed by atoms with Crippen molar-refractivity contribution in [1.29, 1.82) is 0 Å². The summed E-state index contributed by atoms with van der Waals surface area (Å²) in [7, 11) is 1.91. The maximum absolute atomic E-state index is 14.0. The van der Waals surface area contributed by atoms with Crippen LogP contribution in [0, 0.1) is 5.82 Å². The number of allylic oxidation sites excluding steroid dienone is 2. The smallest absolute Gasteiger partial charge is 0.410 e. The van der Waals surface area contributed by atoms with Gasteiger partial charge in [-0.3, -0.25) is 9.58 Å². The number of alkyl halides is 1. The second-order valence-corrected chi connectivity index (χ2v) is 15.4. The van der Waals surface area contributed by atoms with E-state index in [0.717, 1.165) is 56.2 Å². The Labute approximate surface area is 331 Å². The summed E-state index contributed by atoms with van der Waals surface area (Å²) >= 11 is 13.4. The molecule has 0 bridgehead atoms. The first-order valence-corrected chi connectivity index (χ1v) is 19.9. The van der Waals surface area contributed by atoms with E-state index in [4.69, 9.17) is 42.5 Å². The molecule has 1 amide bonds. The second-order valence-electron chi connectivity index (χ2n) is 14.7. The number of hydrogen-bond donors (Lipinski definition) is 0. The summed E-state index contributed by atoms with van der Waals surface area (Å²) in [6, 6.07) is 13.7. The number of amides is 1. The van der Waals surface area contributed by atoms with Crippen molar-refractivity contribution < 1.29 is 28.2 Å². The fourth-order valence-corrected chi connectivity index (χ4v) is 8.08. The zero-order valence-electron chi connectivity index (χ0n) is 32.4. The van der Waals surface area contributed by atoms with E-state index in [1.807, 2.05) is 79.6 Å². The number of hydrogen-bond acceptors (Lipinski definition) is 6. The fraction of sp³-hybridized carbons (Fsp3) is 0.419. The third-order valence-corrected chi connectivity index (χ3v) is 10.4. The average molecular weight is 792 g/mol. The van der Waals surface area contributed by atoms with Crippen LogP contribution in [0.25, 0.3) is 32.8 Å². The number of halogens is 3. The maximum atomic E-state index is 14.0. The predicted molar refractivity (Wildman–Crippen MR) is 217 cm³/mol. The van der Waals surface area contributed by atoms with Gasteiger partial charge < -0.3 is 18.8 Å². The first-order valence-electron chi connectivity index (χ1n) is 19.0. The lowest BCUT2D eigenvalue weighted by molar-refractivity contribution is 0.0221. The van der Waals surface area contributed by atoms with E-state index in [2.05, 4.69) is 6.92 Å². The molecular weight excluding hydrogens is 742 g/mol. The molecule has 6 rings (SSSR count). The zero-order valence-corrected chi connectivity index (χ0v) is 33.9. The van der Waals surface area contributed by atoms with Crippen molar-refractivity contribution in [3.63, 3.8) is 0 Å². The van der Waals surface area contributed by atoms with Crippen LogP contribution in [0.3, 0.4) is 0 Å². The van der Waals surface area contributed by atoms with Gasteiger partial charge in [0.05, 0.1) is 35.5 Å². The fourth-order valence-electron chi connectivity index (χ4n) is 7.71. The minimum Gasteiger partial charge on any atom is -0.493 e. The molecule has 3 aromatic carbocycles. The highest BCUT2D eigenvalue weighted by Crippen LogP contribution is 2.46. The standard InChI is InChI=1S/C43H49Cl2FN4O5/c1-7-33-37(38(47-48(33)6)34-16-12-24-49(34)42(52)55-43(3,4)5)36-32(45)21-20-31-30(40(41(51)53-8-2)50(39(31)36)23-10-9-22-44)15-13-25-54-35-17-11-14-27-26-28(46)18-19-29(27)35/h9-11,14,17-21,26,34H,7-8,12-13,15-16,22-25H2,1-6H3. The molecule has 1 unspecified atom stereocenters. The van der Waals surface area contributed by atoms with Crippen molar-refractivity contribution in [2.45, 2.75) is 84.9 Å². The number of rotatable bonds is 13. The summed E-state index contributed by atoms with van der Waals surface area (Å²) in [4.78, 5) is 29.4. The van der Waals surface area contributed by atoms with E-state index in [1.165, 1.54) is 12.1 Å². The number of aryl methyl sites for hydroxylation is 2. The second kappa shape index (κ2) is 17.1. The van der Waals surface area contributed by atoms with E-state index < -0.39 is 11.6 Å².